The van der Waals surface area contributed by atoms with E-state index in [1.54, 1.807) is 6.08 Å². The first kappa shape index (κ1) is 23.5. The normalized spacial score (nSPS) is 11.8. The summed E-state index contributed by atoms with van der Waals surface area (Å²) in [5.41, 5.74) is 3.43. The molecule has 0 saturated carbocycles. The largest absolute Gasteiger partial charge is 0.323 e. The highest BCUT2D eigenvalue weighted by molar-refractivity contribution is 8.00. The van der Waals surface area contributed by atoms with E-state index in [1.807, 2.05) is 97.2 Å². The smallest absolute Gasteiger partial charge is 0.248 e. The molecule has 170 valence electrons. The van der Waals surface area contributed by atoms with E-state index in [2.05, 4.69) is 15.6 Å². The molecule has 2 N–H and O–H groups in total. The lowest BCUT2D eigenvalue weighted by molar-refractivity contribution is -0.116. The van der Waals surface area contributed by atoms with Gasteiger partial charge in [-0.15, -0.1) is 23.1 Å². The number of aryl methyl sites for hydroxylation is 1. The molecule has 4 rings (SSSR count). The molecular formula is C27H23N3O2S2. The minimum Gasteiger partial charge on any atom is -0.323 e. The van der Waals surface area contributed by atoms with E-state index >= 15 is 0 Å². The maximum absolute atomic E-state index is 13.1. The maximum atomic E-state index is 13.1. The highest BCUT2D eigenvalue weighted by Crippen LogP contribution is 2.37. The van der Waals surface area contributed by atoms with Crippen molar-refractivity contribution in [3.05, 3.63) is 113 Å². The molecular weight excluding hydrogens is 462 g/mol. The summed E-state index contributed by atoms with van der Waals surface area (Å²) in [5, 5.41) is 7.84. The second-order valence-electron chi connectivity index (χ2n) is 7.45. The lowest BCUT2D eigenvalue weighted by Crippen LogP contribution is -2.19. The molecule has 5 nitrogen and oxygen atoms in total. The molecule has 0 aliphatic heterocycles. The maximum Gasteiger partial charge on any atom is 0.248 e. The average molecular weight is 486 g/mol. The number of thiazole rings is 1. The third-order valence-electron chi connectivity index (χ3n) is 4.79. The first-order valence-corrected chi connectivity index (χ1v) is 12.4. The fourth-order valence-corrected chi connectivity index (χ4v) is 4.87. The van der Waals surface area contributed by atoms with E-state index in [9.17, 15) is 9.59 Å². The van der Waals surface area contributed by atoms with Gasteiger partial charge < -0.3 is 10.6 Å². The summed E-state index contributed by atoms with van der Waals surface area (Å²) in [6.45, 7) is 1.90. The zero-order chi connectivity index (χ0) is 23.8. The van der Waals surface area contributed by atoms with Crippen LogP contribution in [-0.4, -0.2) is 16.8 Å². The number of carbonyl (C=O) groups excluding carboxylic acids is 2. The quantitative estimate of drug-likeness (QED) is 0.219. The highest BCUT2D eigenvalue weighted by atomic mass is 32.2. The molecule has 34 heavy (non-hydrogen) atoms. The van der Waals surface area contributed by atoms with Gasteiger partial charge in [0.2, 0.25) is 11.8 Å². The van der Waals surface area contributed by atoms with Crippen LogP contribution in [0.3, 0.4) is 0 Å². The van der Waals surface area contributed by atoms with Crippen LogP contribution >= 0.6 is 23.1 Å². The van der Waals surface area contributed by atoms with Crippen molar-refractivity contribution in [1.82, 2.24) is 4.98 Å². The highest BCUT2D eigenvalue weighted by Gasteiger charge is 2.23. The summed E-state index contributed by atoms with van der Waals surface area (Å²) in [6.07, 6.45) is 3.28. The van der Waals surface area contributed by atoms with E-state index in [-0.39, 0.29) is 11.8 Å². The van der Waals surface area contributed by atoms with Crippen molar-refractivity contribution in [2.24, 2.45) is 0 Å². The molecule has 4 aromatic rings. The van der Waals surface area contributed by atoms with Crippen molar-refractivity contribution in [2.75, 3.05) is 10.6 Å². The number of nitrogens with one attached hydrogen (secondary N) is 2. The Morgan fingerprint density at radius 1 is 0.912 bits per heavy atom. The van der Waals surface area contributed by atoms with Crippen LogP contribution in [0.2, 0.25) is 0 Å². The molecule has 0 spiro atoms. The lowest BCUT2D eigenvalue weighted by Gasteiger charge is -2.16. The molecule has 0 saturated heterocycles. The number of thioether (sulfide) groups is 1. The van der Waals surface area contributed by atoms with Gasteiger partial charge in [-0.1, -0.05) is 60.7 Å². The topological polar surface area (TPSA) is 71.1 Å². The number of nitrogens with zero attached hydrogens (tertiary/aromatic N) is 1. The third-order valence-corrected chi connectivity index (χ3v) is 6.93. The molecule has 2 amide bonds. The number of rotatable bonds is 8. The van der Waals surface area contributed by atoms with Gasteiger partial charge in [-0.05, 0) is 48.4 Å². The van der Waals surface area contributed by atoms with Crippen molar-refractivity contribution in [1.29, 1.82) is 0 Å². The van der Waals surface area contributed by atoms with Gasteiger partial charge in [-0.3, -0.25) is 9.59 Å². The number of anilines is 2. The Labute approximate surface area is 207 Å². The fourth-order valence-electron chi connectivity index (χ4n) is 3.16. The second kappa shape index (κ2) is 11.4. The van der Waals surface area contributed by atoms with E-state index in [1.165, 1.54) is 29.2 Å². The Morgan fingerprint density at radius 2 is 1.59 bits per heavy atom. The molecule has 1 heterocycles. The number of hydrogen-bond donors (Lipinski definition) is 2. The molecule has 1 atom stereocenters. The lowest BCUT2D eigenvalue weighted by atomic mass is 10.1. The Balaban J connectivity index is 1.43. The van der Waals surface area contributed by atoms with Crippen LogP contribution in [0.25, 0.3) is 6.08 Å². The van der Waals surface area contributed by atoms with Crippen LogP contribution in [0.1, 0.15) is 22.1 Å². The summed E-state index contributed by atoms with van der Waals surface area (Å²) in [4.78, 5) is 30.6. The number of hydrogen-bond acceptors (Lipinski definition) is 5. The summed E-state index contributed by atoms with van der Waals surface area (Å²) < 4.78 is 0. The summed E-state index contributed by atoms with van der Waals surface area (Å²) in [6, 6.07) is 26.8. The molecule has 3 aromatic carbocycles. The number of carbonyl (C=O) groups is 2. The van der Waals surface area contributed by atoms with Gasteiger partial charge in [0.15, 0.2) is 5.13 Å². The van der Waals surface area contributed by atoms with E-state index in [4.69, 9.17) is 0 Å². The predicted octanol–water partition coefficient (Wildman–Crippen LogP) is 6.58. The Morgan fingerprint density at radius 3 is 2.24 bits per heavy atom. The zero-order valence-electron chi connectivity index (χ0n) is 18.5. The van der Waals surface area contributed by atoms with Crippen LogP contribution in [0.4, 0.5) is 10.8 Å². The molecule has 0 aliphatic rings. The van der Waals surface area contributed by atoms with Crippen molar-refractivity contribution in [2.45, 2.75) is 17.1 Å². The Hall–Kier alpha value is -3.68. The van der Waals surface area contributed by atoms with Crippen molar-refractivity contribution in [3.8, 4) is 0 Å². The molecule has 0 radical (unpaired) electrons. The standard InChI is InChI=1S/C27H23N3O2S2/c1-19-18-33-27(28-19)30-26(32)25(21-10-6-3-7-11-21)34-23-15-13-22(14-16-23)29-24(31)17-12-20-8-4-2-5-9-20/h2-18,25H,1H3,(H,29,31)(H,28,30,32)/b17-12+. The van der Waals surface area contributed by atoms with Gasteiger partial charge in [0.05, 0.1) is 5.69 Å². The fraction of sp³-hybridized carbons (Fsp3) is 0.0741. The molecule has 1 unspecified atom stereocenters. The van der Waals surface area contributed by atoms with Crippen molar-refractivity contribution >= 4 is 51.8 Å². The zero-order valence-corrected chi connectivity index (χ0v) is 20.1. The first-order chi connectivity index (χ1) is 16.6. The monoisotopic (exact) mass is 485 g/mol. The minimum absolute atomic E-state index is 0.131. The van der Waals surface area contributed by atoms with Crippen LogP contribution < -0.4 is 10.6 Å². The van der Waals surface area contributed by atoms with Gasteiger partial charge in [0, 0.05) is 22.0 Å². The molecule has 0 bridgehead atoms. The Bertz CT molecular complexity index is 1270. The molecule has 1 aromatic heterocycles. The average Bonchev–Trinajstić information content (AvgIpc) is 3.27. The van der Waals surface area contributed by atoms with Gasteiger partial charge >= 0.3 is 0 Å². The van der Waals surface area contributed by atoms with Crippen molar-refractivity contribution in [3.63, 3.8) is 0 Å². The second-order valence-corrected chi connectivity index (χ2v) is 9.49. The molecule has 0 fully saturated rings. The predicted molar refractivity (Wildman–Crippen MR) is 141 cm³/mol. The van der Waals surface area contributed by atoms with E-state index in [0.717, 1.165) is 21.7 Å². The van der Waals surface area contributed by atoms with Crippen LogP contribution in [0.15, 0.2) is 101 Å². The number of benzene rings is 3. The van der Waals surface area contributed by atoms with Crippen LogP contribution in [0, 0.1) is 6.92 Å². The molecule has 0 aliphatic carbocycles. The van der Waals surface area contributed by atoms with Gasteiger partial charge in [-0.25, -0.2) is 4.98 Å². The van der Waals surface area contributed by atoms with Gasteiger partial charge in [-0.2, -0.15) is 0 Å². The van der Waals surface area contributed by atoms with Gasteiger partial charge in [0.25, 0.3) is 0 Å². The summed E-state index contributed by atoms with van der Waals surface area (Å²) in [7, 11) is 0. The summed E-state index contributed by atoms with van der Waals surface area (Å²) >= 11 is 2.86. The SMILES string of the molecule is Cc1csc(NC(=O)C(Sc2ccc(NC(=O)/C=C/c3ccccc3)cc2)c2ccccc2)n1. The van der Waals surface area contributed by atoms with E-state index < -0.39 is 5.25 Å². The minimum atomic E-state index is -0.445. The first-order valence-electron chi connectivity index (χ1n) is 10.7. The molecule has 7 heteroatoms. The van der Waals surface area contributed by atoms with Crippen LogP contribution in [-0.2, 0) is 9.59 Å². The summed E-state index contributed by atoms with van der Waals surface area (Å²) in [5.74, 6) is -0.335. The van der Waals surface area contributed by atoms with Crippen LogP contribution in [0.5, 0.6) is 0 Å². The number of aromatic nitrogens is 1. The van der Waals surface area contributed by atoms with Gasteiger partial charge in [0.1, 0.15) is 5.25 Å². The van der Waals surface area contributed by atoms with E-state index in [0.29, 0.717) is 10.8 Å². The third kappa shape index (κ3) is 6.66. The van der Waals surface area contributed by atoms with Crippen molar-refractivity contribution < 1.29 is 9.59 Å². The number of amides is 2. The Kier molecular flexibility index (Phi) is 7.91.